The molecule has 0 saturated heterocycles. The fraction of sp³-hybridized carbons (Fsp3) is 0.385. The predicted octanol–water partition coefficient (Wildman–Crippen LogP) is 2.68. The van der Waals surface area contributed by atoms with Crippen LogP contribution in [-0.4, -0.2) is 22.1 Å². The molecule has 2 heterocycles. The lowest BCUT2D eigenvalue weighted by molar-refractivity contribution is 0.413. The molecule has 2 aromatic heterocycles. The molecule has 0 aliphatic rings. The number of imidazole rings is 1. The summed E-state index contributed by atoms with van der Waals surface area (Å²) in [6, 6.07) is 2.11. The molecule has 2 aromatic rings. The molecular weight excluding hydrogens is 228 g/mol. The fourth-order valence-electron chi connectivity index (χ4n) is 1.84. The maximum Gasteiger partial charge on any atom is 0.160 e. The van der Waals surface area contributed by atoms with Gasteiger partial charge in [-0.25, -0.2) is 4.98 Å². The molecule has 0 radical (unpaired) electrons. The zero-order chi connectivity index (χ0) is 13.0. The zero-order valence-corrected chi connectivity index (χ0v) is 10.9. The van der Waals surface area contributed by atoms with E-state index in [1.165, 1.54) is 0 Å². The zero-order valence-electron chi connectivity index (χ0n) is 10.9. The van der Waals surface area contributed by atoms with Gasteiger partial charge in [0.1, 0.15) is 5.82 Å². The Morgan fingerprint density at radius 3 is 2.89 bits per heavy atom. The van der Waals surface area contributed by atoms with E-state index < -0.39 is 0 Å². The molecule has 1 unspecified atom stereocenters. The van der Waals surface area contributed by atoms with Crippen molar-refractivity contribution in [1.82, 2.24) is 15.0 Å². The fourth-order valence-corrected chi connectivity index (χ4v) is 1.84. The predicted molar refractivity (Wildman–Crippen MR) is 70.8 cm³/mol. The van der Waals surface area contributed by atoms with Crippen LogP contribution in [0.25, 0.3) is 0 Å². The molecule has 0 aromatic carbocycles. The Hall–Kier alpha value is -2.04. The average molecular weight is 246 g/mol. The van der Waals surface area contributed by atoms with Crippen molar-refractivity contribution in [2.24, 2.45) is 0 Å². The molecule has 0 bridgehead atoms. The van der Waals surface area contributed by atoms with Crippen molar-refractivity contribution in [1.29, 1.82) is 0 Å². The Balaban J connectivity index is 2.24. The molecule has 0 amide bonds. The minimum atomic E-state index is 0.135. The van der Waals surface area contributed by atoms with Gasteiger partial charge >= 0.3 is 0 Å². The lowest BCUT2D eigenvalue weighted by Crippen LogP contribution is -2.12. The first-order valence-electron chi connectivity index (χ1n) is 6.01. The van der Waals surface area contributed by atoms with Crippen molar-refractivity contribution in [2.75, 3.05) is 12.4 Å². The van der Waals surface area contributed by atoms with Gasteiger partial charge in [-0.2, -0.15) is 0 Å². The van der Waals surface area contributed by atoms with E-state index in [4.69, 9.17) is 4.74 Å². The van der Waals surface area contributed by atoms with Gasteiger partial charge in [0.2, 0.25) is 0 Å². The van der Waals surface area contributed by atoms with Crippen LogP contribution >= 0.6 is 0 Å². The molecule has 0 spiro atoms. The number of nitrogens with one attached hydrogen (secondary N) is 2. The first kappa shape index (κ1) is 12.4. The van der Waals surface area contributed by atoms with Crippen molar-refractivity contribution in [3.05, 3.63) is 36.2 Å². The van der Waals surface area contributed by atoms with Gasteiger partial charge in [-0.15, -0.1) is 0 Å². The summed E-state index contributed by atoms with van der Waals surface area (Å²) in [4.78, 5) is 11.6. The summed E-state index contributed by atoms with van der Waals surface area (Å²) in [6.07, 6.45) is 6.24. The largest absolute Gasteiger partial charge is 0.493 e. The minimum Gasteiger partial charge on any atom is -0.493 e. The van der Waals surface area contributed by atoms with Gasteiger partial charge in [0.25, 0.3) is 0 Å². The average Bonchev–Trinajstić information content (AvgIpc) is 2.90. The van der Waals surface area contributed by atoms with E-state index in [9.17, 15) is 0 Å². The number of nitrogens with zero attached hydrogens (tertiary/aromatic N) is 2. The lowest BCUT2D eigenvalue weighted by Gasteiger charge is -2.18. The Morgan fingerprint density at radius 2 is 2.28 bits per heavy atom. The maximum atomic E-state index is 5.31. The van der Waals surface area contributed by atoms with Crippen LogP contribution in [0, 0.1) is 6.92 Å². The Kier molecular flexibility index (Phi) is 3.82. The van der Waals surface area contributed by atoms with Gasteiger partial charge in [-0.3, -0.25) is 4.98 Å². The van der Waals surface area contributed by atoms with Crippen LogP contribution in [0.15, 0.2) is 24.7 Å². The standard InChI is InChI=1S/C13H18N4O/c1-4-10(13-14-5-6-15-13)17-11-7-9(2)16-8-12(11)18-3/h5-8,10H,4H2,1-3H3,(H,14,15)(H,16,17). The number of anilines is 1. The molecule has 5 nitrogen and oxygen atoms in total. The van der Waals surface area contributed by atoms with E-state index in [2.05, 4.69) is 27.2 Å². The highest BCUT2D eigenvalue weighted by molar-refractivity contribution is 5.56. The summed E-state index contributed by atoms with van der Waals surface area (Å²) in [7, 11) is 1.64. The lowest BCUT2D eigenvalue weighted by atomic mass is 10.2. The summed E-state index contributed by atoms with van der Waals surface area (Å²) in [5.74, 6) is 1.67. The highest BCUT2D eigenvalue weighted by Crippen LogP contribution is 2.28. The van der Waals surface area contributed by atoms with Gasteiger partial charge in [-0.1, -0.05) is 6.92 Å². The van der Waals surface area contributed by atoms with Crippen LogP contribution in [0.4, 0.5) is 5.69 Å². The minimum absolute atomic E-state index is 0.135. The monoisotopic (exact) mass is 246 g/mol. The van der Waals surface area contributed by atoms with Crippen molar-refractivity contribution in [2.45, 2.75) is 26.3 Å². The molecular formula is C13H18N4O. The van der Waals surface area contributed by atoms with Crippen LogP contribution in [0.2, 0.25) is 0 Å². The topological polar surface area (TPSA) is 62.8 Å². The third-order valence-corrected chi connectivity index (χ3v) is 2.81. The number of aromatic amines is 1. The van der Waals surface area contributed by atoms with E-state index in [1.807, 2.05) is 19.2 Å². The number of H-pyrrole nitrogens is 1. The molecule has 5 heteroatoms. The van der Waals surface area contributed by atoms with E-state index in [1.54, 1.807) is 19.5 Å². The Bertz CT molecular complexity index is 496. The Morgan fingerprint density at radius 1 is 1.44 bits per heavy atom. The number of pyridine rings is 1. The number of methoxy groups -OCH3 is 1. The van der Waals surface area contributed by atoms with Crippen molar-refractivity contribution < 1.29 is 4.74 Å². The molecule has 1 atom stereocenters. The van der Waals surface area contributed by atoms with Crippen LogP contribution in [0.3, 0.4) is 0 Å². The highest BCUT2D eigenvalue weighted by atomic mass is 16.5. The van der Waals surface area contributed by atoms with E-state index in [0.29, 0.717) is 0 Å². The molecule has 2 N–H and O–H groups in total. The van der Waals surface area contributed by atoms with Crippen molar-refractivity contribution in [3.8, 4) is 5.75 Å². The van der Waals surface area contributed by atoms with Gasteiger partial charge in [0.15, 0.2) is 5.75 Å². The summed E-state index contributed by atoms with van der Waals surface area (Å²) in [5, 5.41) is 3.43. The molecule has 0 aliphatic heterocycles. The molecule has 0 aliphatic carbocycles. The number of rotatable bonds is 5. The van der Waals surface area contributed by atoms with Crippen LogP contribution < -0.4 is 10.1 Å². The summed E-state index contributed by atoms with van der Waals surface area (Å²) in [6.45, 7) is 4.07. The number of aryl methyl sites for hydroxylation is 1. The SMILES string of the molecule is CCC(Nc1cc(C)ncc1OC)c1ncc[nH]1. The first-order valence-corrected chi connectivity index (χ1v) is 6.01. The molecule has 96 valence electrons. The van der Waals surface area contributed by atoms with Crippen LogP contribution in [0.1, 0.15) is 30.9 Å². The van der Waals surface area contributed by atoms with Crippen LogP contribution in [-0.2, 0) is 0 Å². The van der Waals surface area contributed by atoms with E-state index >= 15 is 0 Å². The maximum absolute atomic E-state index is 5.31. The van der Waals surface area contributed by atoms with E-state index in [0.717, 1.165) is 29.4 Å². The molecule has 0 fully saturated rings. The van der Waals surface area contributed by atoms with Gasteiger partial charge < -0.3 is 15.0 Å². The first-order chi connectivity index (χ1) is 8.74. The van der Waals surface area contributed by atoms with Gasteiger partial charge in [0, 0.05) is 18.1 Å². The quantitative estimate of drug-likeness (QED) is 0.851. The van der Waals surface area contributed by atoms with Gasteiger partial charge in [0.05, 0.1) is 25.0 Å². The second kappa shape index (κ2) is 5.53. The van der Waals surface area contributed by atoms with E-state index in [-0.39, 0.29) is 6.04 Å². The van der Waals surface area contributed by atoms with Crippen molar-refractivity contribution >= 4 is 5.69 Å². The highest BCUT2D eigenvalue weighted by Gasteiger charge is 2.14. The second-order valence-corrected chi connectivity index (χ2v) is 4.11. The van der Waals surface area contributed by atoms with Crippen molar-refractivity contribution in [3.63, 3.8) is 0 Å². The summed E-state index contributed by atoms with van der Waals surface area (Å²) < 4.78 is 5.31. The number of ether oxygens (including phenoxy) is 1. The Labute approximate surface area is 107 Å². The third kappa shape index (κ3) is 2.61. The van der Waals surface area contributed by atoms with Gasteiger partial charge in [-0.05, 0) is 19.4 Å². The molecule has 0 saturated carbocycles. The number of hydrogen-bond acceptors (Lipinski definition) is 4. The number of hydrogen-bond donors (Lipinski definition) is 2. The molecule has 2 rings (SSSR count). The third-order valence-electron chi connectivity index (χ3n) is 2.81. The van der Waals surface area contributed by atoms with Crippen LogP contribution in [0.5, 0.6) is 5.75 Å². The number of aromatic nitrogens is 3. The normalized spacial score (nSPS) is 12.2. The summed E-state index contributed by atoms with van der Waals surface area (Å²) >= 11 is 0. The second-order valence-electron chi connectivity index (χ2n) is 4.11. The summed E-state index contributed by atoms with van der Waals surface area (Å²) in [5.41, 5.74) is 1.89. The molecule has 18 heavy (non-hydrogen) atoms. The smallest absolute Gasteiger partial charge is 0.160 e.